The van der Waals surface area contributed by atoms with Gasteiger partial charge in [-0.1, -0.05) is 64.1 Å². The summed E-state index contributed by atoms with van der Waals surface area (Å²) in [6.07, 6.45) is 0.578. The van der Waals surface area contributed by atoms with Crippen molar-refractivity contribution in [2.75, 3.05) is 6.54 Å². The minimum absolute atomic E-state index is 0.102. The third kappa shape index (κ3) is 7.69. The second-order valence-electron chi connectivity index (χ2n) is 10.5. The Kier molecular flexibility index (Phi) is 9.51. The van der Waals surface area contributed by atoms with Gasteiger partial charge in [0.2, 0.25) is 0 Å². The number of carbonyl (C=O) groups excluding carboxylic acids is 1. The van der Waals surface area contributed by atoms with Crippen LogP contribution in [0, 0.1) is 19.8 Å². The lowest BCUT2D eigenvalue weighted by Crippen LogP contribution is -2.26. The van der Waals surface area contributed by atoms with Crippen molar-refractivity contribution in [3.8, 4) is 16.9 Å². The number of carboxylic acids is 1. The van der Waals surface area contributed by atoms with E-state index in [0.717, 1.165) is 17.7 Å². The van der Waals surface area contributed by atoms with E-state index in [9.17, 15) is 9.59 Å². The highest BCUT2D eigenvalue weighted by Gasteiger charge is 2.18. The number of hydrogen-bond donors (Lipinski definition) is 2. The van der Waals surface area contributed by atoms with Crippen molar-refractivity contribution < 1.29 is 19.4 Å². The molecule has 0 aliphatic rings. The number of rotatable bonds is 11. The number of hydrogen-bond acceptors (Lipinski definition) is 3. The maximum Gasteiger partial charge on any atom is 0.305 e. The van der Waals surface area contributed by atoms with E-state index in [1.54, 1.807) is 12.1 Å². The lowest BCUT2D eigenvalue weighted by molar-refractivity contribution is -0.136. The van der Waals surface area contributed by atoms with E-state index in [4.69, 9.17) is 9.84 Å². The van der Waals surface area contributed by atoms with E-state index in [1.165, 1.54) is 27.8 Å². The van der Waals surface area contributed by atoms with E-state index in [-0.39, 0.29) is 25.0 Å². The van der Waals surface area contributed by atoms with Crippen molar-refractivity contribution in [3.63, 3.8) is 0 Å². The van der Waals surface area contributed by atoms with Gasteiger partial charge in [-0.15, -0.1) is 0 Å². The van der Waals surface area contributed by atoms with Crippen molar-refractivity contribution in [3.05, 3.63) is 88.5 Å². The first-order chi connectivity index (χ1) is 17.5. The highest BCUT2D eigenvalue weighted by molar-refractivity contribution is 5.94. The van der Waals surface area contributed by atoms with Crippen molar-refractivity contribution >= 4 is 11.9 Å². The van der Waals surface area contributed by atoms with Crippen molar-refractivity contribution in [1.82, 2.24) is 5.32 Å². The van der Waals surface area contributed by atoms with Gasteiger partial charge in [-0.25, -0.2) is 0 Å². The molecule has 0 aliphatic carbocycles. The Morgan fingerprint density at radius 3 is 1.95 bits per heavy atom. The molecule has 0 aromatic heterocycles. The molecule has 5 nitrogen and oxygen atoms in total. The summed E-state index contributed by atoms with van der Waals surface area (Å²) in [5.74, 6) is 0.540. The normalized spacial score (nSPS) is 12.0. The SMILES string of the molecule is Cc1cc(OC(CC(C)C)c2ccc(C(=O)NCCC(=O)O)cc2)cc(C)c1-c1ccc(C(C)C)cc1. The van der Waals surface area contributed by atoms with Crippen LogP contribution in [0.3, 0.4) is 0 Å². The van der Waals surface area contributed by atoms with Gasteiger partial charge >= 0.3 is 5.97 Å². The molecule has 0 heterocycles. The predicted molar refractivity (Wildman–Crippen MR) is 149 cm³/mol. The number of aliphatic carboxylic acids is 1. The maximum absolute atomic E-state index is 12.3. The van der Waals surface area contributed by atoms with Gasteiger partial charge in [-0.05, 0) is 89.8 Å². The second kappa shape index (κ2) is 12.6. The first-order valence-corrected chi connectivity index (χ1v) is 13.0. The van der Waals surface area contributed by atoms with Crippen LogP contribution in [0.2, 0.25) is 0 Å². The van der Waals surface area contributed by atoms with Crippen molar-refractivity contribution in [1.29, 1.82) is 0 Å². The van der Waals surface area contributed by atoms with Crippen LogP contribution >= 0.6 is 0 Å². The van der Waals surface area contributed by atoms with E-state index >= 15 is 0 Å². The largest absolute Gasteiger partial charge is 0.486 e. The fraction of sp³-hybridized carbons (Fsp3) is 0.375. The molecule has 0 bridgehead atoms. The van der Waals surface area contributed by atoms with Crippen LogP contribution in [0.4, 0.5) is 0 Å². The number of carbonyl (C=O) groups is 2. The number of carboxylic acid groups (broad SMARTS) is 1. The molecule has 0 saturated heterocycles. The standard InChI is InChI=1S/C32H39NO4/c1-20(2)17-29(25-9-13-27(14-10-25)32(36)33-16-15-30(34)35)37-28-18-22(5)31(23(6)19-28)26-11-7-24(8-12-26)21(3)4/h7-14,18-21,29H,15-17H2,1-6H3,(H,33,36)(H,34,35). The van der Waals surface area contributed by atoms with Gasteiger partial charge in [0.25, 0.3) is 5.91 Å². The molecule has 0 fully saturated rings. The third-order valence-electron chi connectivity index (χ3n) is 6.51. The molecule has 3 aromatic rings. The van der Waals surface area contributed by atoms with E-state index in [0.29, 0.717) is 17.4 Å². The van der Waals surface area contributed by atoms with Gasteiger partial charge in [0.05, 0.1) is 6.42 Å². The molecule has 2 N–H and O–H groups in total. The number of benzene rings is 3. The molecule has 0 radical (unpaired) electrons. The molecule has 0 aliphatic heterocycles. The van der Waals surface area contributed by atoms with Gasteiger partial charge < -0.3 is 15.2 Å². The van der Waals surface area contributed by atoms with E-state index in [1.807, 2.05) is 12.1 Å². The van der Waals surface area contributed by atoms with Crippen LogP contribution in [0.1, 0.15) is 85.2 Å². The summed E-state index contributed by atoms with van der Waals surface area (Å²) in [6.45, 7) is 13.1. The van der Waals surface area contributed by atoms with Crippen molar-refractivity contribution in [2.45, 2.75) is 66.4 Å². The summed E-state index contributed by atoms with van der Waals surface area (Å²) in [6, 6.07) is 20.4. The minimum atomic E-state index is -0.938. The van der Waals surface area contributed by atoms with E-state index in [2.05, 4.69) is 83.3 Å². The monoisotopic (exact) mass is 501 g/mol. The lowest BCUT2D eigenvalue weighted by atomic mass is 9.93. The quantitative estimate of drug-likeness (QED) is 0.286. The first-order valence-electron chi connectivity index (χ1n) is 13.0. The van der Waals surface area contributed by atoms with Gasteiger partial charge in [-0.2, -0.15) is 0 Å². The molecule has 1 atom stereocenters. The predicted octanol–water partition coefficient (Wildman–Crippen LogP) is 7.46. The molecular weight excluding hydrogens is 462 g/mol. The van der Waals surface area contributed by atoms with Gasteiger partial charge in [0.15, 0.2) is 0 Å². The molecular formula is C32H39NO4. The summed E-state index contributed by atoms with van der Waals surface area (Å²) in [7, 11) is 0. The molecule has 1 amide bonds. The summed E-state index contributed by atoms with van der Waals surface area (Å²) in [5, 5.41) is 11.4. The van der Waals surface area contributed by atoms with Crippen LogP contribution in [0.25, 0.3) is 11.1 Å². The lowest BCUT2D eigenvalue weighted by Gasteiger charge is -2.23. The van der Waals surface area contributed by atoms with E-state index < -0.39 is 5.97 Å². The van der Waals surface area contributed by atoms with Crippen LogP contribution in [0.5, 0.6) is 5.75 Å². The molecule has 1 unspecified atom stereocenters. The second-order valence-corrected chi connectivity index (χ2v) is 10.5. The summed E-state index contributed by atoms with van der Waals surface area (Å²) in [5.41, 5.74) is 7.62. The van der Waals surface area contributed by atoms with Crippen LogP contribution in [0.15, 0.2) is 60.7 Å². The highest BCUT2D eigenvalue weighted by atomic mass is 16.5. The molecule has 5 heteroatoms. The number of nitrogens with one attached hydrogen (secondary N) is 1. The number of ether oxygens (including phenoxy) is 1. The minimum Gasteiger partial charge on any atom is -0.486 e. The Morgan fingerprint density at radius 1 is 0.865 bits per heavy atom. The smallest absolute Gasteiger partial charge is 0.305 e. The fourth-order valence-corrected chi connectivity index (χ4v) is 4.56. The van der Waals surface area contributed by atoms with Crippen LogP contribution < -0.4 is 10.1 Å². The Labute approximate surface area is 220 Å². The first kappa shape index (κ1) is 28.0. The molecule has 0 saturated carbocycles. The average Bonchev–Trinajstić information content (AvgIpc) is 2.83. The number of aryl methyl sites for hydroxylation is 2. The molecule has 196 valence electrons. The molecule has 0 spiro atoms. The van der Waals surface area contributed by atoms with Gasteiger partial charge in [0, 0.05) is 12.1 Å². The maximum atomic E-state index is 12.3. The summed E-state index contributed by atoms with van der Waals surface area (Å²) >= 11 is 0. The molecule has 3 rings (SSSR count). The Hall–Kier alpha value is -3.60. The zero-order valence-electron chi connectivity index (χ0n) is 22.8. The highest BCUT2D eigenvalue weighted by Crippen LogP contribution is 2.35. The average molecular weight is 502 g/mol. The van der Waals surface area contributed by atoms with Crippen LogP contribution in [-0.2, 0) is 4.79 Å². The Balaban J connectivity index is 1.80. The third-order valence-corrected chi connectivity index (χ3v) is 6.51. The van der Waals surface area contributed by atoms with Gasteiger partial charge in [0.1, 0.15) is 11.9 Å². The molecule has 3 aromatic carbocycles. The Morgan fingerprint density at radius 2 is 1.43 bits per heavy atom. The topological polar surface area (TPSA) is 75.6 Å². The van der Waals surface area contributed by atoms with Crippen molar-refractivity contribution in [2.24, 2.45) is 5.92 Å². The fourth-order valence-electron chi connectivity index (χ4n) is 4.56. The summed E-state index contributed by atoms with van der Waals surface area (Å²) < 4.78 is 6.54. The zero-order chi connectivity index (χ0) is 27.1. The zero-order valence-corrected chi connectivity index (χ0v) is 22.8. The Bertz CT molecular complexity index is 1190. The van der Waals surface area contributed by atoms with Gasteiger partial charge in [-0.3, -0.25) is 9.59 Å². The number of amides is 1. The van der Waals surface area contributed by atoms with Crippen LogP contribution in [-0.4, -0.2) is 23.5 Å². The summed E-state index contributed by atoms with van der Waals surface area (Å²) in [4.78, 5) is 23.0. The molecule has 37 heavy (non-hydrogen) atoms.